The molecule has 0 aromatic heterocycles. The maximum Gasteiger partial charge on any atom is 0.223 e. The van der Waals surface area contributed by atoms with Crippen molar-refractivity contribution in [2.75, 3.05) is 32.4 Å². The van der Waals surface area contributed by atoms with E-state index in [1.54, 1.807) is 0 Å². The molecule has 2 aliphatic rings. The predicted molar refractivity (Wildman–Crippen MR) is 88.5 cm³/mol. The van der Waals surface area contributed by atoms with Crippen molar-refractivity contribution in [1.29, 1.82) is 0 Å². The molecule has 6 heteroatoms. The number of sulfone groups is 1. The second kappa shape index (κ2) is 8.29. The van der Waals surface area contributed by atoms with Crippen LogP contribution in [0.4, 0.5) is 0 Å². The Morgan fingerprint density at radius 1 is 1.14 bits per heavy atom. The number of hydrogen-bond acceptors (Lipinski definition) is 4. The highest BCUT2D eigenvalue weighted by atomic mass is 32.2. The van der Waals surface area contributed by atoms with Gasteiger partial charge in [-0.15, -0.1) is 0 Å². The summed E-state index contributed by atoms with van der Waals surface area (Å²) in [5.74, 6) is 0.753. The Morgan fingerprint density at radius 3 is 2.36 bits per heavy atom. The van der Waals surface area contributed by atoms with E-state index in [1.807, 2.05) is 11.9 Å². The summed E-state index contributed by atoms with van der Waals surface area (Å²) in [5, 5.41) is 2.98. The first-order chi connectivity index (χ1) is 10.5. The van der Waals surface area contributed by atoms with Crippen LogP contribution in [-0.2, 0) is 14.6 Å². The Labute approximate surface area is 134 Å². The lowest BCUT2D eigenvalue weighted by molar-refractivity contribution is -0.132. The van der Waals surface area contributed by atoms with Crippen LogP contribution in [0, 0.1) is 5.92 Å². The van der Waals surface area contributed by atoms with Gasteiger partial charge in [0.25, 0.3) is 0 Å². The fourth-order valence-electron chi connectivity index (χ4n) is 3.62. The topological polar surface area (TPSA) is 66.5 Å². The molecule has 2 rings (SSSR count). The summed E-state index contributed by atoms with van der Waals surface area (Å²) in [6, 6.07) is 0. The van der Waals surface area contributed by atoms with Crippen LogP contribution in [0.25, 0.3) is 0 Å². The van der Waals surface area contributed by atoms with Gasteiger partial charge in [0.05, 0.1) is 11.0 Å². The molecule has 22 heavy (non-hydrogen) atoms. The lowest BCUT2D eigenvalue weighted by Gasteiger charge is -2.32. The van der Waals surface area contributed by atoms with E-state index in [2.05, 4.69) is 5.32 Å². The van der Waals surface area contributed by atoms with Gasteiger partial charge < -0.3 is 10.2 Å². The molecule has 1 N–H and O–H groups in total. The number of piperidine rings is 1. The normalized spacial score (nSPS) is 21.4. The number of amides is 1. The van der Waals surface area contributed by atoms with Gasteiger partial charge in [-0.05, 0) is 51.6 Å². The predicted octanol–water partition coefficient (Wildman–Crippen LogP) is 1.58. The summed E-state index contributed by atoms with van der Waals surface area (Å²) in [6.45, 7) is 2.60. The average molecular weight is 330 g/mol. The second-order valence-electron chi connectivity index (χ2n) is 6.74. The molecule has 0 aromatic rings. The molecule has 1 amide bonds. The van der Waals surface area contributed by atoms with E-state index in [4.69, 9.17) is 0 Å². The van der Waals surface area contributed by atoms with E-state index in [9.17, 15) is 13.2 Å². The molecule has 0 aromatic carbocycles. The average Bonchev–Trinajstić information content (AvgIpc) is 3.06. The minimum atomic E-state index is -3.07. The van der Waals surface area contributed by atoms with Crippen molar-refractivity contribution < 1.29 is 13.2 Å². The molecule has 1 heterocycles. The zero-order valence-corrected chi connectivity index (χ0v) is 14.5. The molecule has 0 atom stereocenters. The lowest BCUT2D eigenvalue weighted by atomic mass is 9.93. The summed E-state index contributed by atoms with van der Waals surface area (Å²) in [7, 11) is -1.11. The first-order valence-electron chi connectivity index (χ1n) is 8.67. The van der Waals surface area contributed by atoms with Crippen LogP contribution in [0.3, 0.4) is 0 Å². The molecule has 0 unspecified atom stereocenters. The number of hydrogen-bond donors (Lipinski definition) is 1. The lowest BCUT2D eigenvalue weighted by Crippen LogP contribution is -2.39. The fraction of sp³-hybridized carbons (Fsp3) is 0.938. The van der Waals surface area contributed by atoms with Crippen molar-refractivity contribution in [1.82, 2.24) is 10.2 Å². The quantitative estimate of drug-likeness (QED) is 0.770. The summed E-state index contributed by atoms with van der Waals surface area (Å²) in [6.07, 6.45) is 7.01. The van der Waals surface area contributed by atoms with E-state index in [-0.39, 0.29) is 23.3 Å². The number of carbonyl (C=O) groups is 1. The zero-order chi connectivity index (χ0) is 16.0. The molecule has 1 saturated heterocycles. The van der Waals surface area contributed by atoms with E-state index in [0.29, 0.717) is 5.92 Å². The molecule has 5 nitrogen and oxygen atoms in total. The van der Waals surface area contributed by atoms with Crippen LogP contribution < -0.4 is 5.32 Å². The number of likely N-dealkylation sites (tertiary alicyclic amines) is 1. The highest BCUT2D eigenvalue weighted by Crippen LogP contribution is 2.26. The summed E-state index contributed by atoms with van der Waals surface area (Å²) < 4.78 is 24.4. The summed E-state index contributed by atoms with van der Waals surface area (Å²) >= 11 is 0. The molecule has 128 valence electrons. The Kier molecular flexibility index (Phi) is 6.68. The molecule has 0 bridgehead atoms. The zero-order valence-electron chi connectivity index (χ0n) is 13.7. The van der Waals surface area contributed by atoms with Gasteiger partial charge in [0, 0.05) is 19.5 Å². The van der Waals surface area contributed by atoms with Crippen molar-refractivity contribution in [2.45, 2.75) is 56.6 Å². The van der Waals surface area contributed by atoms with Gasteiger partial charge >= 0.3 is 0 Å². The summed E-state index contributed by atoms with van der Waals surface area (Å²) in [5.41, 5.74) is 0. The standard InChI is InChI=1S/C16H30N2O3S/c1-17-10-6-14-7-11-18(12-8-14)16(19)9-13-22(20,21)15-4-2-3-5-15/h14-15,17H,2-13H2,1H3. The largest absolute Gasteiger partial charge is 0.343 e. The van der Waals surface area contributed by atoms with Crippen LogP contribution in [-0.4, -0.2) is 56.9 Å². The van der Waals surface area contributed by atoms with Crippen LogP contribution >= 0.6 is 0 Å². The third-order valence-corrected chi connectivity index (χ3v) is 7.44. The summed E-state index contributed by atoms with van der Waals surface area (Å²) in [4.78, 5) is 14.1. The van der Waals surface area contributed by atoms with Gasteiger partial charge in [-0.25, -0.2) is 8.42 Å². The molecule has 2 fully saturated rings. The third-order valence-electron chi connectivity index (χ3n) is 5.18. The van der Waals surface area contributed by atoms with Crippen LogP contribution in [0.15, 0.2) is 0 Å². The molecule has 1 aliphatic carbocycles. The molecule has 1 aliphatic heterocycles. The van der Waals surface area contributed by atoms with Crippen molar-refractivity contribution >= 4 is 15.7 Å². The Hall–Kier alpha value is -0.620. The van der Waals surface area contributed by atoms with E-state index < -0.39 is 9.84 Å². The Morgan fingerprint density at radius 2 is 1.77 bits per heavy atom. The van der Waals surface area contributed by atoms with Gasteiger partial charge in [0.2, 0.25) is 5.91 Å². The van der Waals surface area contributed by atoms with Crippen molar-refractivity contribution in [3.8, 4) is 0 Å². The van der Waals surface area contributed by atoms with Crippen molar-refractivity contribution in [3.63, 3.8) is 0 Å². The molecule has 0 radical (unpaired) electrons. The van der Waals surface area contributed by atoms with E-state index in [0.717, 1.165) is 64.6 Å². The van der Waals surface area contributed by atoms with Gasteiger partial charge in [0.1, 0.15) is 0 Å². The molecule has 0 spiro atoms. The van der Waals surface area contributed by atoms with Crippen LogP contribution in [0.2, 0.25) is 0 Å². The molecule has 1 saturated carbocycles. The van der Waals surface area contributed by atoms with Crippen molar-refractivity contribution in [2.24, 2.45) is 5.92 Å². The monoisotopic (exact) mass is 330 g/mol. The van der Waals surface area contributed by atoms with Gasteiger partial charge in [0.15, 0.2) is 9.84 Å². The van der Waals surface area contributed by atoms with Crippen LogP contribution in [0.5, 0.6) is 0 Å². The fourth-order valence-corrected chi connectivity index (χ4v) is 5.47. The number of carbonyl (C=O) groups excluding carboxylic acids is 1. The smallest absolute Gasteiger partial charge is 0.223 e. The van der Waals surface area contributed by atoms with Gasteiger partial charge in [-0.3, -0.25) is 4.79 Å². The minimum absolute atomic E-state index is 0.0219. The number of nitrogens with zero attached hydrogens (tertiary/aromatic N) is 1. The maximum absolute atomic E-state index is 12.2. The second-order valence-corrected chi connectivity index (χ2v) is 9.14. The highest BCUT2D eigenvalue weighted by Gasteiger charge is 2.30. The Bertz CT molecular complexity index is 450. The molecular weight excluding hydrogens is 300 g/mol. The first kappa shape index (κ1) is 17.7. The van der Waals surface area contributed by atoms with Crippen LogP contribution in [0.1, 0.15) is 51.4 Å². The van der Waals surface area contributed by atoms with Gasteiger partial charge in [-0.2, -0.15) is 0 Å². The maximum atomic E-state index is 12.2. The van der Waals surface area contributed by atoms with E-state index >= 15 is 0 Å². The minimum Gasteiger partial charge on any atom is -0.343 e. The number of rotatable bonds is 7. The third kappa shape index (κ3) is 4.95. The Balaban J connectivity index is 1.72. The molecular formula is C16H30N2O3S. The first-order valence-corrected chi connectivity index (χ1v) is 10.4. The van der Waals surface area contributed by atoms with Gasteiger partial charge in [-0.1, -0.05) is 12.8 Å². The SMILES string of the molecule is CNCCC1CCN(C(=O)CCS(=O)(=O)C2CCCC2)CC1. The number of nitrogens with one attached hydrogen (secondary N) is 1. The van der Waals surface area contributed by atoms with Crippen molar-refractivity contribution in [3.05, 3.63) is 0 Å². The highest BCUT2D eigenvalue weighted by molar-refractivity contribution is 7.92. The van der Waals surface area contributed by atoms with E-state index in [1.165, 1.54) is 0 Å².